The van der Waals surface area contributed by atoms with Crippen LogP contribution in [0.2, 0.25) is 0 Å². The summed E-state index contributed by atoms with van der Waals surface area (Å²) in [6.07, 6.45) is 6.31. The fraction of sp³-hybridized carbons (Fsp3) is 0.909. The quantitative estimate of drug-likeness (QED) is 0.617. The van der Waals surface area contributed by atoms with Gasteiger partial charge in [-0.3, -0.25) is 0 Å². The van der Waals surface area contributed by atoms with Crippen LogP contribution in [0, 0.1) is 18.3 Å². The predicted molar refractivity (Wildman–Crippen MR) is 51.9 cm³/mol. The van der Waals surface area contributed by atoms with Gasteiger partial charge < -0.3 is 4.74 Å². The van der Waals surface area contributed by atoms with Crippen LogP contribution < -0.4 is 0 Å². The maximum Gasteiger partial charge on any atom is 0.0650 e. The second-order valence-corrected chi connectivity index (χ2v) is 4.53. The summed E-state index contributed by atoms with van der Waals surface area (Å²) in [5, 5.41) is 0. The van der Waals surface area contributed by atoms with Gasteiger partial charge in [-0.1, -0.05) is 13.3 Å². The number of methoxy groups -OCH3 is 1. The normalized spacial score (nSPS) is 32.0. The largest absolute Gasteiger partial charge is 0.379 e. The van der Waals surface area contributed by atoms with Crippen LogP contribution in [0.3, 0.4) is 0 Å². The van der Waals surface area contributed by atoms with E-state index in [1.54, 1.807) is 0 Å². The average molecular weight is 169 g/mol. The molecule has 0 aromatic heterocycles. The smallest absolute Gasteiger partial charge is 0.0650 e. The lowest BCUT2D eigenvalue weighted by molar-refractivity contribution is -0.0375. The van der Waals surface area contributed by atoms with Crippen molar-refractivity contribution in [2.45, 2.75) is 45.6 Å². The van der Waals surface area contributed by atoms with E-state index in [4.69, 9.17) is 4.74 Å². The second-order valence-electron chi connectivity index (χ2n) is 4.53. The van der Waals surface area contributed by atoms with Crippen molar-refractivity contribution in [2.75, 3.05) is 7.11 Å². The zero-order valence-corrected chi connectivity index (χ0v) is 8.76. The van der Waals surface area contributed by atoms with E-state index in [0.29, 0.717) is 0 Å². The molecule has 0 amide bonds. The van der Waals surface area contributed by atoms with Gasteiger partial charge in [0.2, 0.25) is 0 Å². The molecule has 1 saturated carbocycles. The highest BCUT2D eigenvalue weighted by atomic mass is 16.5. The molecule has 0 aliphatic heterocycles. The van der Waals surface area contributed by atoms with E-state index in [2.05, 4.69) is 27.2 Å². The highest BCUT2D eigenvalue weighted by molar-refractivity contribution is 4.90. The average Bonchev–Trinajstić information content (AvgIpc) is 2.05. The summed E-state index contributed by atoms with van der Waals surface area (Å²) < 4.78 is 5.49. The fourth-order valence-electron chi connectivity index (χ4n) is 1.89. The van der Waals surface area contributed by atoms with Gasteiger partial charge >= 0.3 is 0 Å². The van der Waals surface area contributed by atoms with Gasteiger partial charge in [-0.25, -0.2) is 0 Å². The maximum atomic E-state index is 5.49. The number of ether oxygens (including phenoxy) is 1. The molecule has 12 heavy (non-hydrogen) atoms. The molecule has 0 bridgehead atoms. The van der Waals surface area contributed by atoms with Gasteiger partial charge in [0.1, 0.15) is 0 Å². The Balaban J connectivity index is 2.44. The molecule has 1 aliphatic rings. The Morgan fingerprint density at radius 1 is 1.33 bits per heavy atom. The zero-order valence-electron chi connectivity index (χ0n) is 8.76. The van der Waals surface area contributed by atoms with E-state index in [-0.39, 0.29) is 5.60 Å². The van der Waals surface area contributed by atoms with E-state index in [0.717, 1.165) is 11.8 Å². The van der Waals surface area contributed by atoms with E-state index in [9.17, 15) is 0 Å². The lowest BCUT2D eigenvalue weighted by Gasteiger charge is -2.37. The molecule has 2 atom stereocenters. The standard InChI is InChI=1S/C11H21O/c1-9-5-7-10(8-6-9)11(2,3)12-4/h5,9-10H,6-8H2,1-4H3. The van der Waals surface area contributed by atoms with Gasteiger partial charge in [-0.15, -0.1) is 0 Å². The first-order chi connectivity index (χ1) is 5.56. The Kier molecular flexibility index (Phi) is 3.16. The SMILES string of the molecule is COC(C)(C)C1C[CH]C(C)CC1. The zero-order chi connectivity index (χ0) is 9.19. The molecule has 1 radical (unpaired) electrons. The van der Waals surface area contributed by atoms with Gasteiger partial charge in [0.05, 0.1) is 5.60 Å². The molecule has 1 nitrogen and oxygen atoms in total. The van der Waals surface area contributed by atoms with E-state index in [1.807, 2.05) is 7.11 Å². The van der Waals surface area contributed by atoms with Crippen LogP contribution >= 0.6 is 0 Å². The van der Waals surface area contributed by atoms with Crippen molar-refractivity contribution in [2.24, 2.45) is 11.8 Å². The number of rotatable bonds is 2. The fourth-order valence-corrected chi connectivity index (χ4v) is 1.89. The molecule has 0 aromatic carbocycles. The third kappa shape index (κ3) is 2.22. The molecule has 0 saturated heterocycles. The summed E-state index contributed by atoms with van der Waals surface area (Å²) in [5.74, 6) is 1.53. The molecule has 71 valence electrons. The van der Waals surface area contributed by atoms with Crippen molar-refractivity contribution in [3.8, 4) is 0 Å². The van der Waals surface area contributed by atoms with Crippen molar-refractivity contribution in [3.05, 3.63) is 6.42 Å². The van der Waals surface area contributed by atoms with Crippen molar-refractivity contribution >= 4 is 0 Å². The maximum absolute atomic E-state index is 5.49. The van der Waals surface area contributed by atoms with Crippen LogP contribution in [-0.4, -0.2) is 12.7 Å². The van der Waals surface area contributed by atoms with Gasteiger partial charge in [0.15, 0.2) is 0 Å². The summed E-state index contributed by atoms with van der Waals surface area (Å²) in [6.45, 7) is 6.69. The molecule has 1 aliphatic carbocycles. The molecule has 0 N–H and O–H groups in total. The van der Waals surface area contributed by atoms with E-state index < -0.39 is 0 Å². The van der Waals surface area contributed by atoms with E-state index >= 15 is 0 Å². The Bertz CT molecular complexity index is 132. The van der Waals surface area contributed by atoms with Crippen LogP contribution in [0.15, 0.2) is 0 Å². The molecule has 1 heteroatoms. The Labute approximate surface area is 76.5 Å². The minimum absolute atomic E-state index is 0.0661. The Hall–Kier alpha value is -0.0400. The summed E-state index contributed by atoms with van der Waals surface area (Å²) in [4.78, 5) is 0. The third-order valence-corrected chi connectivity index (χ3v) is 3.30. The number of hydrogen-bond acceptors (Lipinski definition) is 1. The first kappa shape index (κ1) is 10.0. The predicted octanol–water partition coefficient (Wildman–Crippen LogP) is 3.05. The summed E-state index contributed by atoms with van der Waals surface area (Å²) in [6, 6.07) is 0. The minimum atomic E-state index is 0.0661. The van der Waals surface area contributed by atoms with Crippen LogP contribution in [0.5, 0.6) is 0 Å². The van der Waals surface area contributed by atoms with Gasteiger partial charge in [0, 0.05) is 7.11 Å². The van der Waals surface area contributed by atoms with Crippen molar-refractivity contribution in [1.82, 2.24) is 0 Å². The summed E-state index contributed by atoms with van der Waals surface area (Å²) >= 11 is 0. The molecular weight excluding hydrogens is 148 g/mol. The minimum Gasteiger partial charge on any atom is -0.379 e. The van der Waals surface area contributed by atoms with Gasteiger partial charge in [-0.05, 0) is 44.9 Å². The highest BCUT2D eigenvalue weighted by Crippen LogP contribution is 2.35. The molecular formula is C11H21O. The first-order valence-electron chi connectivity index (χ1n) is 4.94. The first-order valence-corrected chi connectivity index (χ1v) is 4.94. The summed E-state index contributed by atoms with van der Waals surface area (Å²) in [5.41, 5.74) is 0.0661. The van der Waals surface area contributed by atoms with Gasteiger partial charge in [0.25, 0.3) is 0 Å². The molecule has 0 heterocycles. The van der Waals surface area contributed by atoms with Crippen LogP contribution in [0.25, 0.3) is 0 Å². The Morgan fingerprint density at radius 2 is 2.00 bits per heavy atom. The third-order valence-electron chi connectivity index (χ3n) is 3.30. The van der Waals surface area contributed by atoms with Crippen molar-refractivity contribution in [3.63, 3.8) is 0 Å². The summed E-state index contributed by atoms with van der Waals surface area (Å²) in [7, 11) is 1.82. The van der Waals surface area contributed by atoms with Crippen molar-refractivity contribution in [1.29, 1.82) is 0 Å². The van der Waals surface area contributed by atoms with Crippen LogP contribution in [-0.2, 0) is 4.74 Å². The lowest BCUT2D eigenvalue weighted by atomic mass is 9.75. The van der Waals surface area contributed by atoms with Crippen LogP contribution in [0.4, 0.5) is 0 Å². The monoisotopic (exact) mass is 169 g/mol. The van der Waals surface area contributed by atoms with Crippen molar-refractivity contribution < 1.29 is 4.74 Å². The van der Waals surface area contributed by atoms with Gasteiger partial charge in [-0.2, -0.15) is 0 Å². The Morgan fingerprint density at radius 3 is 2.42 bits per heavy atom. The topological polar surface area (TPSA) is 9.23 Å². The molecule has 1 fully saturated rings. The van der Waals surface area contributed by atoms with E-state index in [1.165, 1.54) is 19.3 Å². The molecule has 0 aromatic rings. The highest BCUT2D eigenvalue weighted by Gasteiger charge is 2.31. The molecule has 0 spiro atoms. The number of hydrogen-bond donors (Lipinski definition) is 0. The molecule has 1 rings (SSSR count). The lowest BCUT2D eigenvalue weighted by Crippen LogP contribution is -2.35. The molecule has 2 unspecified atom stereocenters. The second kappa shape index (κ2) is 3.78. The van der Waals surface area contributed by atoms with Crippen LogP contribution in [0.1, 0.15) is 40.0 Å².